The molecular weight excluding hydrogens is 244 g/mol. The van der Waals surface area contributed by atoms with Crippen LogP contribution >= 0.6 is 0 Å². The Labute approximate surface area is 112 Å². The van der Waals surface area contributed by atoms with Gasteiger partial charge < -0.3 is 10.5 Å². The first-order chi connectivity index (χ1) is 8.79. The minimum absolute atomic E-state index is 0.253. The average Bonchev–Trinajstić information content (AvgIpc) is 2.52. The van der Waals surface area contributed by atoms with Crippen molar-refractivity contribution in [3.63, 3.8) is 0 Å². The Morgan fingerprint density at radius 2 is 1.79 bits per heavy atom. The summed E-state index contributed by atoms with van der Waals surface area (Å²) >= 11 is 0. The predicted octanol–water partition coefficient (Wildman–Crippen LogP) is 1.68. The van der Waals surface area contributed by atoms with E-state index in [9.17, 15) is 9.59 Å². The molecule has 5 heteroatoms. The Balaban J connectivity index is 2.10. The Kier molecular flexibility index (Phi) is 3.32. The molecule has 0 aliphatic carbocycles. The summed E-state index contributed by atoms with van der Waals surface area (Å²) in [7, 11) is 0. The van der Waals surface area contributed by atoms with Crippen molar-refractivity contribution in [2.45, 2.75) is 26.4 Å². The van der Waals surface area contributed by atoms with E-state index in [1.807, 2.05) is 20.8 Å². The van der Waals surface area contributed by atoms with Crippen molar-refractivity contribution in [1.29, 1.82) is 0 Å². The topological polar surface area (TPSA) is 72.6 Å². The quantitative estimate of drug-likeness (QED) is 0.664. The molecule has 0 fully saturated rings. The van der Waals surface area contributed by atoms with Crippen LogP contribution in [0.2, 0.25) is 0 Å². The number of imide groups is 1. The zero-order valence-electron chi connectivity index (χ0n) is 11.4. The lowest BCUT2D eigenvalue weighted by Crippen LogP contribution is -2.35. The number of anilines is 1. The lowest BCUT2D eigenvalue weighted by Gasteiger charge is -2.21. The van der Waals surface area contributed by atoms with E-state index in [0.29, 0.717) is 23.4 Å². The molecule has 2 N–H and O–H groups in total. The van der Waals surface area contributed by atoms with Crippen molar-refractivity contribution in [2.75, 3.05) is 18.9 Å². The van der Waals surface area contributed by atoms with Crippen molar-refractivity contribution < 1.29 is 14.3 Å². The van der Waals surface area contributed by atoms with Gasteiger partial charge in [0.25, 0.3) is 11.8 Å². The van der Waals surface area contributed by atoms with Gasteiger partial charge >= 0.3 is 0 Å². The molecule has 1 aliphatic rings. The van der Waals surface area contributed by atoms with E-state index in [-0.39, 0.29) is 24.0 Å². The molecule has 102 valence electrons. The van der Waals surface area contributed by atoms with Crippen LogP contribution in [0.1, 0.15) is 41.5 Å². The third-order valence-corrected chi connectivity index (χ3v) is 2.84. The van der Waals surface area contributed by atoms with E-state index in [0.717, 1.165) is 0 Å². The summed E-state index contributed by atoms with van der Waals surface area (Å²) in [5, 5.41) is 0. The van der Waals surface area contributed by atoms with Gasteiger partial charge in [-0.1, -0.05) is 0 Å². The van der Waals surface area contributed by atoms with Crippen LogP contribution in [-0.4, -0.2) is 35.5 Å². The SMILES string of the molecule is CC(C)(C)OCCN1C(=O)c2ccc(N)cc2C1=O. The Hall–Kier alpha value is -1.88. The number of nitrogen functional groups attached to an aromatic ring is 1. The average molecular weight is 262 g/mol. The number of nitrogens with zero attached hydrogens (tertiary/aromatic N) is 1. The minimum atomic E-state index is -0.301. The van der Waals surface area contributed by atoms with Crippen LogP contribution < -0.4 is 5.73 Å². The molecule has 5 nitrogen and oxygen atoms in total. The van der Waals surface area contributed by atoms with Crippen LogP contribution in [0.25, 0.3) is 0 Å². The van der Waals surface area contributed by atoms with Gasteiger partial charge in [-0.25, -0.2) is 0 Å². The van der Waals surface area contributed by atoms with Crippen molar-refractivity contribution in [3.8, 4) is 0 Å². The van der Waals surface area contributed by atoms with Crippen LogP contribution in [0.3, 0.4) is 0 Å². The van der Waals surface area contributed by atoms with Crippen molar-refractivity contribution in [3.05, 3.63) is 29.3 Å². The standard InChI is InChI=1S/C14H18N2O3/c1-14(2,3)19-7-6-16-12(17)10-5-4-9(15)8-11(10)13(16)18/h4-5,8H,6-7,15H2,1-3H3. The van der Waals surface area contributed by atoms with Crippen LogP contribution in [0.5, 0.6) is 0 Å². The highest BCUT2D eigenvalue weighted by Crippen LogP contribution is 2.24. The fraction of sp³-hybridized carbons (Fsp3) is 0.429. The normalized spacial score (nSPS) is 15.0. The molecule has 19 heavy (non-hydrogen) atoms. The van der Waals surface area contributed by atoms with Crippen molar-refractivity contribution in [2.24, 2.45) is 0 Å². The summed E-state index contributed by atoms with van der Waals surface area (Å²) in [5.41, 5.74) is 6.61. The van der Waals surface area contributed by atoms with Gasteiger partial charge in [0.2, 0.25) is 0 Å². The third-order valence-electron chi connectivity index (χ3n) is 2.84. The number of carbonyl (C=O) groups excluding carboxylic acids is 2. The number of rotatable bonds is 3. The highest BCUT2D eigenvalue weighted by Gasteiger charge is 2.35. The van der Waals surface area contributed by atoms with Gasteiger partial charge in [-0.15, -0.1) is 0 Å². The number of benzene rings is 1. The monoisotopic (exact) mass is 262 g/mol. The molecule has 2 rings (SSSR count). The van der Waals surface area contributed by atoms with Crippen LogP contribution in [0.4, 0.5) is 5.69 Å². The second kappa shape index (κ2) is 4.66. The summed E-state index contributed by atoms with van der Waals surface area (Å²) in [6, 6.07) is 4.76. The van der Waals surface area contributed by atoms with E-state index in [4.69, 9.17) is 10.5 Å². The maximum absolute atomic E-state index is 12.1. The van der Waals surface area contributed by atoms with E-state index in [1.165, 1.54) is 4.90 Å². The molecule has 0 aromatic heterocycles. The Morgan fingerprint density at radius 3 is 2.42 bits per heavy atom. The maximum atomic E-state index is 12.1. The highest BCUT2D eigenvalue weighted by molar-refractivity contribution is 6.21. The molecule has 1 aromatic carbocycles. The summed E-state index contributed by atoms with van der Waals surface area (Å²) in [5.74, 6) is -0.581. The molecule has 1 aromatic rings. The first kappa shape index (κ1) is 13.5. The smallest absolute Gasteiger partial charge is 0.261 e. The Bertz CT molecular complexity index is 532. The highest BCUT2D eigenvalue weighted by atomic mass is 16.5. The summed E-state index contributed by atoms with van der Waals surface area (Å²) in [4.78, 5) is 25.4. The Morgan fingerprint density at radius 1 is 1.16 bits per heavy atom. The number of amides is 2. The van der Waals surface area contributed by atoms with Crippen molar-refractivity contribution >= 4 is 17.5 Å². The fourth-order valence-electron chi connectivity index (χ4n) is 1.95. The van der Waals surface area contributed by atoms with Gasteiger partial charge in [0.15, 0.2) is 0 Å². The number of hydrogen-bond donors (Lipinski definition) is 1. The number of nitrogens with two attached hydrogens (primary N) is 1. The van der Waals surface area contributed by atoms with E-state index >= 15 is 0 Å². The summed E-state index contributed by atoms with van der Waals surface area (Å²) in [6.07, 6.45) is 0. The predicted molar refractivity (Wildman–Crippen MR) is 71.9 cm³/mol. The molecule has 0 saturated heterocycles. The second-order valence-electron chi connectivity index (χ2n) is 5.53. The number of carbonyl (C=O) groups is 2. The summed E-state index contributed by atoms with van der Waals surface area (Å²) in [6.45, 7) is 6.36. The van der Waals surface area contributed by atoms with E-state index in [2.05, 4.69) is 0 Å². The largest absolute Gasteiger partial charge is 0.399 e. The molecule has 1 aliphatic heterocycles. The van der Waals surface area contributed by atoms with Crippen molar-refractivity contribution in [1.82, 2.24) is 4.90 Å². The summed E-state index contributed by atoms with van der Waals surface area (Å²) < 4.78 is 5.54. The third kappa shape index (κ3) is 2.76. The molecule has 0 spiro atoms. The zero-order valence-corrected chi connectivity index (χ0v) is 11.4. The zero-order chi connectivity index (χ0) is 14.2. The second-order valence-corrected chi connectivity index (χ2v) is 5.53. The molecule has 0 bridgehead atoms. The maximum Gasteiger partial charge on any atom is 0.261 e. The van der Waals surface area contributed by atoms with E-state index < -0.39 is 0 Å². The molecule has 0 saturated carbocycles. The van der Waals surface area contributed by atoms with Crippen LogP contribution in [0, 0.1) is 0 Å². The fourth-order valence-corrected chi connectivity index (χ4v) is 1.95. The van der Waals surface area contributed by atoms with Gasteiger partial charge in [0.05, 0.1) is 29.9 Å². The molecule has 0 unspecified atom stereocenters. The van der Waals surface area contributed by atoms with Crippen LogP contribution in [0.15, 0.2) is 18.2 Å². The number of hydrogen-bond acceptors (Lipinski definition) is 4. The number of ether oxygens (including phenoxy) is 1. The van der Waals surface area contributed by atoms with Crippen LogP contribution in [-0.2, 0) is 4.74 Å². The molecule has 0 radical (unpaired) electrons. The lowest BCUT2D eigenvalue weighted by atomic mass is 10.1. The number of fused-ring (bicyclic) bond motifs is 1. The minimum Gasteiger partial charge on any atom is -0.399 e. The van der Waals surface area contributed by atoms with Gasteiger partial charge in [-0.3, -0.25) is 14.5 Å². The molecular formula is C14H18N2O3. The molecule has 1 heterocycles. The van der Waals surface area contributed by atoms with Gasteiger partial charge in [0, 0.05) is 5.69 Å². The van der Waals surface area contributed by atoms with E-state index in [1.54, 1.807) is 18.2 Å². The van der Waals surface area contributed by atoms with Gasteiger partial charge in [-0.2, -0.15) is 0 Å². The molecule has 0 atom stereocenters. The molecule has 2 amide bonds. The van der Waals surface area contributed by atoms with Gasteiger partial charge in [0.1, 0.15) is 0 Å². The van der Waals surface area contributed by atoms with Gasteiger partial charge in [-0.05, 0) is 39.0 Å². The first-order valence-corrected chi connectivity index (χ1v) is 6.19. The lowest BCUT2D eigenvalue weighted by molar-refractivity contribution is -0.0101. The first-order valence-electron chi connectivity index (χ1n) is 6.19.